The Kier molecular flexibility index (Phi) is 3.58. The van der Waals surface area contributed by atoms with Crippen LogP contribution in [0.4, 0.5) is 5.69 Å². The van der Waals surface area contributed by atoms with E-state index >= 15 is 0 Å². The Morgan fingerprint density at radius 3 is 2.46 bits per heavy atom. The van der Waals surface area contributed by atoms with Crippen LogP contribution >= 0.6 is 0 Å². The fourth-order valence-corrected chi connectivity index (χ4v) is 0.982. The molecule has 1 rings (SSSR count). The molecule has 0 aliphatic heterocycles. The molecular formula is C10H15NO2. The van der Waals surface area contributed by atoms with Crippen LogP contribution in [0.25, 0.3) is 0 Å². The second kappa shape index (κ2) is 4.72. The molecule has 0 bridgehead atoms. The Bertz CT molecular complexity index is 246. The monoisotopic (exact) mass is 181 g/mol. The molecule has 0 saturated heterocycles. The van der Waals surface area contributed by atoms with E-state index in [0.29, 0.717) is 6.42 Å². The van der Waals surface area contributed by atoms with Crippen molar-refractivity contribution >= 4 is 5.69 Å². The highest BCUT2D eigenvalue weighted by molar-refractivity contribution is 5.46. The zero-order chi connectivity index (χ0) is 9.68. The molecule has 2 N–H and O–H groups in total. The predicted octanol–water partition coefficient (Wildman–Crippen LogP) is 1.84. The molecule has 3 nitrogen and oxygen atoms in total. The highest BCUT2D eigenvalue weighted by Crippen LogP contribution is 2.15. The third-order valence-electron chi connectivity index (χ3n) is 1.81. The molecule has 0 aromatic heterocycles. The Morgan fingerprint density at radius 1 is 1.38 bits per heavy atom. The van der Waals surface area contributed by atoms with Crippen LogP contribution < -0.4 is 10.1 Å². The Balaban J connectivity index is 2.58. The molecule has 1 aromatic carbocycles. The van der Waals surface area contributed by atoms with Gasteiger partial charge in [-0.05, 0) is 30.7 Å². The SMILES string of the molecule is CCC(O)Nc1ccc(OC)cc1. The van der Waals surface area contributed by atoms with Crippen molar-refractivity contribution in [2.24, 2.45) is 0 Å². The summed E-state index contributed by atoms with van der Waals surface area (Å²) in [7, 11) is 1.63. The molecule has 1 unspecified atom stereocenters. The number of benzene rings is 1. The summed E-state index contributed by atoms with van der Waals surface area (Å²) in [6.07, 6.45) is 0.208. The number of nitrogens with one attached hydrogen (secondary N) is 1. The van der Waals surface area contributed by atoms with Gasteiger partial charge in [0.1, 0.15) is 12.0 Å². The topological polar surface area (TPSA) is 41.5 Å². The smallest absolute Gasteiger partial charge is 0.124 e. The van der Waals surface area contributed by atoms with Crippen molar-refractivity contribution in [1.29, 1.82) is 0 Å². The molecule has 0 spiro atoms. The van der Waals surface area contributed by atoms with Gasteiger partial charge in [0.05, 0.1) is 7.11 Å². The van der Waals surface area contributed by atoms with Gasteiger partial charge in [0.2, 0.25) is 0 Å². The van der Waals surface area contributed by atoms with E-state index in [1.165, 1.54) is 0 Å². The maximum Gasteiger partial charge on any atom is 0.124 e. The van der Waals surface area contributed by atoms with Crippen LogP contribution in [0.3, 0.4) is 0 Å². The van der Waals surface area contributed by atoms with Crippen molar-refractivity contribution in [3.63, 3.8) is 0 Å². The van der Waals surface area contributed by atoms with Gasteiger partial charge in [-0.1, -0.05) is 6.92 Å². The molecule has 1 aromatic rings. The number of aliphatic hydroxyl groups is 1. The molecule has 0 fully saturated rings. The fourth-order valence-electron chi connectivity index (χ4n) is 0.982. The average molecular weight is 181 g/mol. The van der Waals surface area contributed by atoms with Gasteiger partial charge < -0.3 is 15.2 Å². The molecule has 0 saturated carbocycles. The van der Waals surface area contributed by atoms with Crippen LogP contribution in [0.1, 0.15) is 13.3 Å². The van der Waals surface area contributed by atoms with Gasteiger partial charge in [0, 0.05) is 5.69 Å². The van der Waals surface area contributed by atoms with Crippen molar-refractivity contribution in [3.05, 3.63) is 24.3 Å². The van der Waals surface area contributed by atoms with E-state index in [0.717, 1.165) is 11.4 Å². The molecule has 0 aliphatic carbocycles. The summed E-state index contributed by atoms with van der Waals surface area (Å²) in [5, 5.41) is 12.2. The molecule has 0 heterocycles. The minimum absolute atomic E-state index is 0.478. The number of rotatable bonds is 4. The van der Waals surface area contributed by atoms with Gasteiger partial charge in [-0.15, -0.1) is 0 Å². The zero-order valence-corrected chi connectivity index (χ0v) is 7.95. The summed E-state index contributed by atoms with van der Waals surface area (Å²) in [6.45, 7) is 1.92. The third-order valence-corrected chi connectivity index (χ3v) is 1.81. The van der Waals surface area contributed by atoms with Crippen LogP contribution in [0.5, 0.6) is 5.75 Å². The number of hydrogen-bond acceptors (Lipinski definition) is 3. The standard InChI is InChI=1S/C10H15NO2/c1-3-10(12)11-8-4-6-9(13-2)7-5-8/h4-7,10-12H,3H2,1-2H3. The highest BCUT2D eigenvalue weighted by atomic mass is 16.5. The quantitative estimate of drug-likeness (QED) is 0.696. The highest BCUT2D eigenvalue weighted by Gasteiger charge is 1.99. The van der Waals surface area contributed by atoms with Gasteiger partial charge in [0.15, 0.2) is 0 Å². The normalized spacial score (nSPS) is 12.2. The maximum atomic E-state index is 9.30. The van der Waals surface area contributed by atoms with Crippen molar-refractivity contribution in [2.45, 2.75) is 19.6 Å². The fraction of sp³-hybridized carbons (Fsp3) is 0.400. The first kappa shape index (κ1) is 9.86. The number of methoxy groups -OCH3 is 1. The van der Waals surface area contributed by atoms with Crippen molar-refractivity contribution < 1.29 is 9.84 Å². The van der Waals surface area contributed by atoms with Gasteiger partial charge in [-0.25, -0.2) is 0 Å². The molecule has 72 valence electrons. The lowest BCUT2D eigenvalue weighted by molar-refractivity contribution is 0.199. The van der Waals surface area contributed by atoms with Gasteiger partial charge in [-0.2, -0.15) is 0 Å². The van der Waals surface area contributed by atoms with Crippen LogP contribution in [0.15, 0.2) is 24.3 Å². The van der Waals surface area contributed by atoms with Crippen molar-refractivity contribution in [3.8, 4) is 5.75 Å². The number of hydrogen-bond donors (Lipinski definition) is 2. The van der Waals surface area contributed by atoms with Crippen LogP contribution in [0.2, 0.25) is 0 Å². The average Bonchev–Trinajstić information content (AvgIpc) is 2.19. The van der Waals surface area contributed by atoms with E-state index in [9.17, 15) is 5.11 Å². The summed E-state index contributed by atoms with van der Waals surface area (Å²) in [5.41, 5.74) is 0.898. The van der Waals surface area contributed by atoms with Crippen molar-refractivity contribution in [1.82, 2.24) is 0 Å². The summed E-state index contributed by atoms with van der Waals surface area (Å²) in [4.78, 5) is 0. The largest absolute Gasteiger partial charge is 0.497 e. The van der Waals surface area contributed by atoms with E-state index in [4.69, 9.17) is 4.74 Å². The van der Waals surface area contributed by atoms with Crippen LogP contribution in [-0.2, 0) is 0 Å². The summed E-state index contributed by atoms with van der Waals surface area (Å²) in [6, 6.07) is 7.45. The molecule has 3 heteroatoms. The van der Waals surface area contributed by atoms with Gasteiger partial charge >= 0.3 is 0 Å². The van der Waals surface area contributed by atoms with E-state index in [1.54, 1.807) is 7.11 Å². The van der Waals surface area contributed by atoms with Crippen molar-refractivity contribution in [2.75, 3.05) is 12.4 Å². The first-order chi connectivity index (χ1) is 6.26. The molecule has 0 amide bonds. The second-order valence-corrected chi connectivity index (χ2v) is 2.80. The Morgan fingerprint density at radius 2 is 2.00 bits per heavy atom. The second-order valence-electron chi connectivity index (χ2n) is 2.80. The number of aliphatic hydroxyl groups excluding tert-OH is 1. The third kappa shape index (κ3) is 2.95. The Hall–Kier alpha value is -1.22. The molecule has 1 atom stereocenters. The first-order valence-corrected chi connectivity index (χ1v) is 4.35. The lowest BCUT2D eigenvalue weighted by atomic mass is 10.3. The lowest BCUT2D eigenvalue weighted by Crippen LogP contribution is -2.16. The van der Waals surface area contributed by atoms with Gasteiger partial charge in [0.25, 0.3) is 0 Å². The van der Waals surface area contributed by atoms with E-state index in [-0.39, 0.29) is 0 Å². The number of ether oxygens (including phenoxy) is 1. The van der Waals surface area contributed by atoms with Gasteiger partial charge in [-0.3, -0.25) is 0 Å². The first-order valence-electron chi connectivity index (χ1n) is 4.35. The van der Waals surface area contributed by atoms with Crippen LogP contribution in [0, 0.1) is 0 Å². The minimum atomic E-state index is -0.478. The summed E-state index contributed by atoms with van der Waals surface area (Å²) < 4.78 is 5.01. The lowest BCUT2D eigenvalue weighted by Gasteiger charge is -2.11. The number of anilines is 1. The van der Waals surface area contributed by atoms with E-state index in [1.807, 2.05) is 31.2 Å². The summed E-state index contributed by atoms with van der Waals surface area (Å²) >= 11 is 0. The molecule has 0 radical (unpaired) electrons. The molecule has 13 heavy (non-hydrogen) atoms. The molecule has 0 aliphatic rings. The molecular weight excluding hydrogens is 166 g/mol. The zero-order valence-electron chi connectivity index (χ0n) is 7.95. The Labute approximate surface area is 78.3 Å². The summed E-state index contributed by atoms with van der Waals surface area (Å²) in [5.74, 6) is 0.816. The van der Waals surface area contributed by atoms with Crippen LogP contribution in [-0.4, -0.2) is 18.4 Å². The van der Waals surface area contributed by atoms with E-state index in [2.05, 4.69) is 5.32 Å². The van der Waals surface area contributed by atoms with E-state index < -0.39 is 6.23 Å². The minimum Gasteiger partial charge on any atom is -0.497 e. The predicted molar refractivity (Wildman–Crippen MR) is 52.9 cm³/mol. The maximum absolute atomic E-state index is 9.30.